The summed E-state index contributed by atoms with van der Waals surface area (Å²) >= 11 is 0. The molecule has 252 valence electrons. The summed E-state index contributed by atoms with van der Waals surface area (Å²) in [7, 11) is 0. The molecule has 0 bridgehead atoms. The van der Waals surface area contributed by atoms with Gasteiger partial charge < -0.3 is 35.0 Å². The summed E-state index contributed by atoms with van der Waals surface area (Å²) in [5.74, 6) is -0.339. The molecule has 1 fully saturated rings. The first kappa shape index (κ1) is 38.2. The fourth-order valence-electron chi connectivity index (χ4n) is 6.45. The minimum Gasteiger partial charge on any atom is -0.455 e. The number of hydrogen-bond acceptors (Lipinski definition) is 8. The molecule has 2 rings (SSSR count). The molecule has 0 aromatic carbocycles. The topological polar surface area (TPSA) is 137 Å². The fraction of sp³-hybridized carbons (Fsp3) is 0.914. The Labute approximate surface area is 261 Å². The number of carbonyl (C=O) groups is 1. The number of hydrogen-bond donors (Lipinski definition) is 5. The quantitative estimate of drug-likeness (QED) is 0.0590. The third-order valence-corrected chi connectivity index (χ3v) is 9.16. The van der Waals surface area contributed by atoms with Crippen molar-refractivity contribution in [3.8, 4) is 0 Å². The molecule has 0 radical (unpaired) electrons. The second-order valence-corrected chi connectivity index (χ2v) is 13.3. The maximum Gasteiger partial charge on any atom is 0.334 e. The van der Waals surface area contributed by atoms with E-state index in [1.165, 1.54) is 51.4 Å². The van der Waals surface area contributed by atoms with Crippen molar-refractivity contribution in [1.29, 1.82) is 0 Å². The van der Waals surface area contributed by atoms with Crippen molar-refractivity contribution in [3.05, 3.63) is 11.6 Å². The Hall–Kier alpha value is -1.03. The van der Waals surface area contributed by atoms with Gasteiger partial charge in [-0.05, 0) is 64.4 Å². The molecule has 0 unspecified atom stereocenters. The van der Waals surface area contributed by atoms with Crippen LogP contribution in [0.2, 0.25) is 0 Å². The fourth-order valence-corrected chi connectivity index (χ4v) is 6.45. The summed E-state index contributed by atoms with van der Waals surface area (Å²) in [5.41, 5.74) is 0.547. The van der Waals surface area contributed by atoms with Gasteiger partial charge in [-0.25, -0.2) is 4.79 Å². The van der Waals surface area contributed by atoms with E-state index in [2.05, 4.69) is 6.92 Å². The van der Waals surface area contributed by atoms with E-state index < -0.39 is 30.5 Å². The Morgan fingerprint density at radius 3 is 1.74 bits per heavy atom. The zero-order chi connectivity index (χ0) is 31.5. The Morgan fingerprint density at radius 2 is 1.16 bits per heavy atom. The number of cyclic esters (lactones) is 1. The largest absolute Gasteiger partial charge is 0.455 e. The van der Waals surface area contributed by atoms with Crippen LogP contribution >= 0.6 is 0 Å². The van der Waals surface area contributed by atoms with Crippen LogP contribution in [0.3, 0.4) is 0 Å². The predicted molar refractivity (Wildman–Crippen MR) is 170 cm³/mol. The molecule has 0 aromatic rings. The van der Waals surface area contributed by atoms with Crippen molar-refractivity contribution in [2.24, 2.45) is 0 Å². The standard InChI is InChI=1S/C35H64O8/c1-3-4-5-6-7-8-9-10-11-15-18-31(39)33-21-22-34(43-33)32(40)20-19-30(38)25-29(37)17-14-12-13-16-28(36)24-27-23-26(2)42-35(27)41/h23,26,28-34,36-40H,3-22,24-25H2,1-2H3/t26-,28+,29-,30+,31+,32+,33+,34+/m1/s1. The second kappa shape index (κ2) is 22.5. The number of ether oxygens (including phenoxy) is 2. The summed E-state index contributed by atoms with van der Waals surface area (Å²) < 4.78 is 11.1. The molecule has 8 nitrogen and oxygen atoms in total. The number of rotatable bonds is 26. The summed E-state index contributed by atoms with van der Waals surface area (Å²) in [4.78, 5) is 11.7. The zero-order valence-electron chi connectivity index (χ0n) is 27.2. The van der Waals surface area contributed by atoms with Crippen LogP contribution in [0.5, 0.6) is 0 Å². The van der Waals surface area contributed by atoms with Crippen LogP contribution in [0, 0.1) is 0 Å². The molecule has 1 saturated heterocycles. The molecular weight excluding hydrogens is 548 g/mol. The third kappa shape index (κ3) is 16.7. The average molecular weight is 613 g/mol. The van der Waals surface area contributed by atoms with Gasteiger partial charge >= 0.3 is 5.97 Å². The number of aliphatic hydroxyl groups is 5. The monoisotopic (exact) mass is 612 g/mol. The van der Waals surface area contributed by atoms with Crippen molar-refractivity contribution in [2.75, 3.05) is 0 Å². The van der Waals surface area contributed by atoms with Gasteiger partial charge in [-0.1, -0.05) is 90.4 Å². The Kier molecular flexibility index (Phi) is 19.9. The van der Waals surface area contributed by atoms with Crippen LogP contribution in [0.1, 0.15) is 155 Å². The van der Waals surface area contributed by atoms with E-state index in [-0.39, 0.29) is 30.7 Å². The highest BCUT2D eigenvalue weighted by atomic mass is 16.5. The smallest absolute Gasteiger partial charge is 0.334 e. The molecule has 8 atom stereocenters. The van der Waals surface area contributed by atoms with Gasteiger partial charge in [0.15, 0.2) is 0 Å². The van der Waals surface area contributed by atoms with E-state index in [0.717, 1.165) is 51.4 Å². The van der Waals surface area contributed by atoms with Crippen LogP contribution in [-0.2, 0) is 14.3 Å². The lowest BCUT2D eigenvalue weighted by molar-refractivity contribution is -0.139. The van der Waals surface area contributed by atoms with E-state index in [4.69, 9.17) is 9.47 Å². The number of aliphatic hydroxyl groups excluding tert-OH is 5. The van der Waals surface area contributed by atoms with Crippen LogP contribution in [-0.4, -0.2) is 80.3 Å². The molecule has 0 amide bonds. The van der Waals surface area contributed by atoms with Gasteiger partial charge in [0.25, 0.3) is 0 Å². The van der Waals surface area contributed by atoms with Crippen LogP contribution in [0.15, 0.2) is 11.6 Å². The Bertz CT molecular complexity index is 758. The highest BCUT2D eigenvalue weighted by Crippen LogP contribution is 2.28. The van der Waals surface area contributed by atoms with Gasteiger partial charge in [0.05, 0.1) is 42.7 Å². The second-order valence-electron chi connectivity index (χ2n) is 13.3. The van der Waals surface area contributed by atoms with Crippen molar-refractivity contribution in [1.82, 2.24) is 0 Å². The molecule has 0 saturated carbocycles. The predicted octanol–water partition coefficient (Wildman–Crippen LogP) is 6.03. The van der Waals surface area contributed by atoms with E-state index in [0.29, 0.717) is 37.7 Å². The minimum absolute atomic E-state index is 0.217. The molecule has 2 aliphatic heterocycles. The molecule has 8 heteroatoms. The van der Waals surface area contributed by atoms with Crippen molar-refractivity contribution >= 4 is 5.97 Å². The van der Waals surface area contributed by atoms with E-state index in [1.54, 1.807) is 13.0 Å². The number of unbranched alkanes of at least 4 members (excludes halogenated alkanes) is 11. The van der Waals surface area contributed by atoms with Gasteiger partial charge in [-0.15, -0.1) is 0 Å². The molecule has 0 aromatic heterocycles. The SMILES string of the molecule is CCCCCCCCCCCC[C@H](O)[C@@H]1CC[C@@H]([C@@H](O)CC[C@H](O)C[C@H](O)CCCCC[C@H](O)CC2=C[C@@H](C)OC2=O)O1. The summed E-state index contributed by atoms with van der Waals surface area (Å²) in [6.07, 6.45) is 17.9. The van der Waals surface area contributed by atoms with Gasteiger partial charge in [-0.2, -0.15) is 0 Å². The number of esters is 1. The van der Waals surface area contributed by atoms with Gasteiger partial charge in [-0.3, -0.25) is 0 Å². The highest BCUT2D eigenvalue weighted by Gasteiger charge is 2.34. The van der Waals surface area contributed by atoms with Crippen LogP contribution in [0.4, 0.5) is 0 Å². The summed E-state index contributed by atoms with van der Waals surface area (Å²) in [5, 5.41) is 52.1. The normalized spacial score (nSPS) is 24.0. The van der Waals surface area contributed by atoms with E-state index in [9.17, 15) is 30.3 Å². The Morgan fingerprint density at radius 1 is 0.674 bits per heavy atom. The summed E-state index contributed by atoms with van der Waals surface area (Å²) in [6.45, 7) is 4.04. The van der Waals surface area contributed by atoms with Crippen molar-refractivity contribution in [3.63, 3.8) is 0 Å². The van der Waals surface area contributed by atoms with Gasteiger partial charge in [0, 0.05) is 12.0 Å². The molecule has 2 heterocycles. The van der Waals surface area contributed by atoms with Crippen molar-refractivity contribution in [2.45, 2.75) is 204 Å². The van der Waals surface area contributed by atoms with Gasteiger partial charge in [0.2, 0.25) is 0 Å². The lowest BCUT2D eigenvalue weighted by Gasteiger charge is -2.23. The first-order valence-corrected chi connectivity index (χ1v) is 17.7. The zero-order valence-corrected chi connectivity index (χ0v) is 27.2. The first-order valence-electron chi connectivity index (χ1n) is 17.7. The molecule has 0 aliphatic carbocycles. The highest BCUT2D eigenvalue weighted by molar-refractivity contribution is 5.90. The molecule has 2 aliphatic rings. The van der Waals surface area contributed by atoms with Gasteiger partial charge in [0.1, 0.15) is 6.10 Å². The molecule has 0 spiro atoms. The lowest BCUT2D eigenvalue weighted by atomic mass is 9.97. The van der Waals surface area contributed by atoms with Crippen LogP contribution < -0.4 is 0 Å². The lowest BCUT2D eigenvalue weighted by Crippen LogP contribution is -2.31. The van der Waals surface area contributed by atoms with E-state index >= 15 is 0 Å². The number of carbonyl (C=O) groups excluding carboxylic acids is 1. The average Bonchev–Trinajstić information content (AvgIpc) is 3.58. The maximum atomic E-state index is 11.7. The maximum absolute atomic E-state index is 11.7. The molecular formula is C35H64O8. The summed E-state index contributed by atoms with van der Waals surface area (Å²) in [6, 6.07) is 0. The molecule has 43 heavy (non-hydrogen) atoms. The van der Waals surface area contributed by atoms with Crippen LogP contribution in [0.25, 0.3) is 0 Å². The third-order valence-electron chi connectivity index (χ3n) is 9.16. The minimum atomic E-state index is -0.688. The molecule has 5 N–H and O–H groups in total. The van der Waals surface area contributed by atoms with E-state index in [1.807, 2.05) is 0 Å². The first-order chi connectivity index (χ1) is 20.7. The Balaban J connectivity index is 1.46. The van der Waals surface area contributed by atoms with Crippen molar-refractivity contribution < 1.29 is 39.8 Å².